The second-order valence-electron chi connectivity index (χ2n) is 7.49. The fraction of sp³-hybridized carbons (Fsp3) is 0.579. The molecule has 0 spiro atoms. The molecule has 1 aromatic carbocycles. The molecule has 1 heterocycles. The number of nitrogens with one attached hydrogen (secondary N) is 2. The number of benzene rings is 1. The van der Waals surface area contributed by atoms with E-state index in [0.29, 0.717) is 13.1 Å². The third kappa shape index (κ3) is 4.47. The summed E-state index contributed by atoms with van der Waals surface area (Å²) >= 11 is 0. The van der Waals surface area contributed by atoms with E-state index < -0.39 is 22.0 Å². The van der Waals surface area contributed by atoms with Gasteiger partial charge in [-0.3, -0.25) is 9.59 Å². The highest BCUT2D eigenvalue weighted by atomic mass is 32.2. The first-order valence-corrected chi connectivity index (χ1v) is 11.2. The van der Waals surface area contributed by atoms with E-state index >= 15 is 0 Å². The molecule has 3 rings (SSSR count). The van der Waals surface area contributed by atoms with Crippen molar-refractivity contribution in [2.45, 2.75) is 56.4 Å². The Hall–Kier alpha value is -2.13. The zero-order chi connectivity index (χ0) is 20.3. The van der Waals surface area contributed by atoms with Gasteiger partial charge in [0.05, 0.1) is 10.6 Å². The number of phenolic OH excluding ortho intramolecular Hbond substituents is 1. The molecular weight excluding hydrogens is 382 g/mol. The minimum atomic E-state index is -3.66. The number of carbonyl (C=O) groups is 2. The first-order chi connectivity index (χ1) is 13.3. The van der Waals surface area contributed by atoms with Crippen LogP contribution in [0.3, 0.4) is 0 Å². The maximum Gasteiger partial charge on any atom is 0.246 e. The lowest BCUT2D eigenvalue weighted by molar-refractivity contribution is -0.128. The van der Waals surface area contributed by atoms with Crippen LogP contribution in [0.1, 0.15) is 45.4 Å². The number of amides is 2. The van der Waals surface area contributed by atoms with Crippen LogP contribution in [0, 0.1) is 5.92 Å². The lowest BCUT2D eigenvalue weighted by atomic mass is 10.1. The molecule has 9 heteroatoms. The van der Waals surface area contributed by atoms with Gasteiger partial charge in [-0.1, -0.05) is 12.8 Å². The predicted octanol–water partition coefficient (Wildman–Crippen LogP) is 1.81. The number of rotatable bonds is 6. The van der Waals surface area contributed by atoms with Crippen LogP contribution in [0.5, 0.6) is 5.75 Å². The highest BCUT2D eigenvalue weighted by Crippen LogP contribution is 2.29. The third-order valence-corrected chi connectivity index (χ3v) is 7.30. The van der Waals surface area contributed by atoms with Crippen LogP contribution in [-0.4, -0.2) is 48.8 Å². The van der Waals surface area contributed by atoms with Crippen molar-refractivity contribution in [3.63, 3.8) is 0 Å². The quantitative estimate of drug-likeness (QED) is 0.620. The number of sulfonamides is 1. The van der Waals surface area contributed by atoms with Gasteiger partial charge in [-0.2, -0.15) is 4.31 Å². The van der Waals surface area contributed by atoms with Crippen LogP contribution in [0.25, 0.3) is 0 Å². The Morgan fingerprint density at radius 3 is 2.43 bits per heavy atom. The first-order valence-electron chi connectivity index (χ1n) is 9.73. The van der Waals surface area contributed by atoms with E-state index in [2.05, 4.69) is 10.6 Å². The number of carbonyl (C=O) groups excluding carboxylic acids is 2. The van der Waals surface area contributed by atoms with E-state index in [1.165, 1.54) is 22.5 Å². The average molecular weight is 410 g/mol. The Morgan fingerprint density at radius 2 is 1.79 bits per heavy atom. The van der Waals surface area contributed by atoms with Gasteiger partial charge in [0, 0.05) is 19.0 Å². The Labute approximate surface area is 165 Å². The molecule has 28 heavy (non-hydrogen) atoms. The molecule has 8 nitrogen and oxygen atoms in total. The third-order valence-electron chi connectivity index (χ3n) is 5.41. The Balaban J connectivity index is 1.69. The highest BCUT2D eigenvalue weighted by molar-refractivity contribution is 7.89. The molecule has 1 aromatic rings. The van der Waals surface area contributed by atoms with Gasteiger partial charge in [0.15, 0.2) is 0 Å². The summed E-state index contributed by atoms with van der Waals surface area (Å²) in [6.45, 7) is 2.49. The number of hydrogen-bond donors (Lipinski definition) is 3. The summed E-state index contributed by atoms with van der Waals surface area (Å²) < 4.78 is 26.8. The van der Waals surface area contributed by atoms with Gasteiger partial charge >= 0.3 is 0 Å². The molecule has 1 saturated heterocycles. The number of nitrogens with zero attached hydrogens (tertiary/aromatic N) is 1. The standard InChI is InChI=1S/C19H27N3O5S/c1-13(20-19(25)14-6-2-3-7-14)18(24)21-16-12-15(8-9-17(16)23)28(26,27)22-10-4-5-11-22/h8-9,12-14,23H,2-7,10-11H2,1H3,(H,20,25)(H,21,24)/t13-/m1/s1. The molecule has 1 aliphatic heterocycles. The molecular formula is C19H27N3O5S. The summed E-state index contributed by atoms with van der Waals surface area (Å²) in [5, 5.41) is 15.3. The number of hydrogen-bond acceptors (Lipinski definition) is 5. The minimum Gasteiger partial charge on any atom is -0.506 e. The molecule has 2 fully saturated rings. The Bertz CT molecular complexity index is 843. The fourth-order valence-electron chi connectivity index (χ4n) is 3.68. The van der Waals surface area contributed by atoms with E-state index in [0.717, 1.165) is 38.5 Å². The summed E-state index contributed by atoms with van der Waals surface area (Å²) in [7, 11) is -3.66. The van der Waals surface area contributed by atoms with Gasteiger partial charge in [-0.15, -0.1) is 0 Å². The lowest BCUT2D eigenvalue weighted by Crippen LogP contribution is -2.43. The van der Waals surface area contributed by atoms with Crippen molar-refractivity contribution in [1.29, 1.82) is 0 Å². The van der Waals surface area contributed by atoms with Gasteiger partial charge in [0.25, 0.3) is 0 Å². The van der Waals surface area contributed by atoms with Crippen molar-refractivity contribution in [2.75, 3.05) is 18.4 Å². The van der Waals surface area contributed by atoms with Crippen LogP contribution in [-0.2, 0) is 19.6 Å². The van der Waals surface area contributed by atoms with Crippen LogP contribution >= 0.6 is 0 Å². The molecule has 0 aromatic heterocycles. The van der Waals surface area contributed by atoms with Crippen molar-refractivity contribution < 1.29 is 23.1 Å². The Morgan fingerprint density at radius 1 is 1.14 bits per heavy atom. The lowest BCUT2D eigenvalue weighted by Gasteiger charge is -2.19. The van der Waals surface area contributed by atoms with Gasteiger partial charge in [-0.25, -0.2) is 8.42 Å². The van der Waals surface area contributed by atoms with Crippen LogP contribution in [0.15, 0.2) is 23.1 Å². The summed E-state index contributed by atoms with van der Waals surface area (Å²) in [6, 6.07) is 3.03. The molecule has 3 N–H and O–H groups in total. The fourth-order valence-corrected chi connectivity index (χ4v) is 5.22. The molecule has 1 saturated carbocycles. The van der Waals surface area contributed by atoms with Crippen LogP contribution < -0.4 is 10.6 Å². The molecule has 2 aliphatic rings. The second kappa shape index (κ2) is 8.48. The predicted molar refractivity (Wildman–Crippen MR) is 104 cm³/mol. The smallest absolute Gasteiger partial charge is 0.246 e. The minimum absolute atomic E-state index is 0.00670. The van der Waals surface area contributed by atoms with Crippen molar-refractivity contribution in [2.24, 2.45) is 5.92 Å². The number of phenols is 1. The van der Waals surface area contributed by atoms with Gasteiger partial charge in [0.2, 0.25) is 21.8 Å². The van der Waals surface area contributed by atoms with E-state index in [4.69, 9.17) is 0 Å². The van der Waals surface area contributed by atoms with Crippen molar-refractivity contribution in [1.82, 2.24) is 9.62 Å². The van der Waals surface area contributed by atoms with E-state index in [9.17, 15) is 23.1 Å². The van der Waals surface area contributed by atoms with Crippen LogP contribution in [0.2, 0.25) is 0 Å². The number of anilines is 1. The number of aromatic hydroxyl groups is 1. The SMILES string of the molecule is C[C@@H](NC(=O)C1CCCC1)C(=O)Nc1cc(S(=O)(=O)N2CCCC2)ccc1O. The molecule has 0 bridgehead atoms. The molecule has 0 radical (unpaired) electrons. The van der Waals surface area contributed by atoms with Crippen molar-refractivity contribution in [3.05, 3.63) is 18.2 Å². The maximum absolute atomic E-state index is 12.7. The largest absolute Gasteiger partial charge is 0.506 e. The molecule has 154 valence electrons. The van der Waals surface area contributed by atoms with Crippen molar-refractivity contribution >= 4 is 27.5 Å². The molecule has 0 unspecified atom stereocenters. The van der Waals surface area contributed by atoms with Crippen LogP contribution in [0.4, 0.5) is 5.69 Å². The van der Waals surface area contributed by atoms with Gasteiger partial charge in [0.1, 0.15) is 11.8 Å². The summed E-state index contributed by atoms with van der Waals surface area (Å²) in [5.74, 6) is -0.951. The second-order valence-corrected chi connectivity index (χ2v) is 9.43. The summed E-state index contributed by atoms with van der Waals surface area (Å²) in [4.78, 5) is 24.6. The van der Waals surface area contributed by atoms with Gasteiger partial charge in [-0.05, 0) is 50.8 Å². The van der Waals surface area contributed by atoms with Gasteiger partial charge < -0.3 is 15.7 Å². The zero-order valence-electron chi connectivity index (χ0n) is 16.0. The topological polar surface area (TPSA) is 116 Å². The van der Waals surface area contributed by atoms with Crippen molar-refractivity contribution in [3.8, 4) is 5.75 Å². The van der Waals surface area contributed by atoms with E-state index in [1.54, 1.807) is 6.92 Å². The molecule has 1 atom stereocenters. The average Bonchev–Trinajstić information content (AvgIpc) is 3.37. The molecule has 2 amide bonds. The van der Waals surface area contributed by atoms with E-state index in [-0.39, 0.29) is 28.2 Å². The first kappa shape index (κ1) is 20.6. The normalized spacial score (nSPS) is 19.5. The zero-order valence-corrected chi connectivity index (χ0v) is 16.8. The molecule has 1 aliphatic carbocycles. The Kier molecular flexibility index (Phi) is 6.24. The monoisotopic (exact) mass is 409 g/mol. The summed E-state index contributed by atoms with van der Waals surface area (Å²) in [5.41, 5.74) is 0.00670. The maximum atomic E-state index is 12.7. The highest BCUT2D eigenvalue weighted by Gasteiger charge is 2.29. The summed E-state index contributed by atoms with van der Waals surface area (Å²) in [6.07, 6.45) is 5.34. The van der Waals surface area contributed by atoms with E-state index in [1.807, 2.05) is 0 Å².